The summed E-state index contributed by atoms with van der Waals surface area (Å²) in [6.45, 7) is 0. The number of rotatable bonds is 2. The van der Waals surface area contributed by atoms with Crippen molar-refractivity contribution in [2.45, 2.75) is 0 Å². The fourth-order valence-corrected chi connectivity index (χ4v) is 1.96. The van der Waals surface area contributed by atoms with Crippen LogP contribution in [-0.4, -0.2) is 4.37 Å². The van der Waals surface area contributed by atoms with Gasteiger partial charge in [0, 0.05) is 5.69 Å². The van der Waals surface area contributed by atoms with Crippen LogP contribution in [0.5, 0.6) is 0 Å². The molecule has 0 saturated carbocycles. The van der Waals surface area contributed by atoms with E-state index < -0.39 is 5.56 Å². The monoisotopic (exact) mass is 242 g/mol. The SMILES string of the molecule is N#Cc1ccc(Nc2s[nH]c(=O)c2C#N)cc1. The number of benzene rings is 1. The van der Waals surface area contributed by atoms with E-state index in [0.29, 0.717) is 10.6 Å². The van der Waals surface area contributed by atoms with Gasteiger partial charge in [0.25, 0.3) is 5.56 Å². The summed E-state index contributed by atoms with van der Waals surface area (Å²) in [6, 6.07) is 10.6. The first kappa shape index (κ1) is 10.9. The second-order valence-electron chi connectivity index (χ2n) is 3.16. The minimum absolute atomic E-state index is 0.0689. The number of nitriles is 2. The summed E-state index contributed by atoms with van der Waals surface area (Å²) in [5.41, 5.74) is 0.946. The highest BCUT2D eigenvalue weighted by atomic mass is 32.1. The maximum atomic E-state index is 11.2. The maximum absolute atomic E-state index is 11.2. The topological polar surface area (TPSA) is 92.5 Å². The van der Waals surface area contributed by atoms with Crippen molar-refractivity contribution >= 4 is 22.2 Å². The van der Waals surface area contributed by atoms with Gasteiger partial charge in [-0.15, -0.1) is 0 Å². The van der Waals surface area contributed by atoms with E-state index in [-0.39, 0.29) is 5.56 Å². The van der Waals surface area contributed by atoms with Gasteiger partial charge in [0.05, 0.1) is 11.6 Å². The quantitative estimate of drug-likeness (QED) is 0.841. The normalized spacial score (nSPS) is 9.29. The molecule has 0 aliphatic heterocycles. The summed E-state index contributed by atoms with van der Waals surface area (Å²) in [4.78, 5) is 11.2. The van der Waals surface area contributed by atoms with Crippen LogP contribution in [0.2, 0.25) is 0 Å². The molecule has 0 aliphatic rings. The Morgan fingerprint density at radius 1 is 1.18 bits per heavy atom. The Hall–Kier alpha value is -2.57. The number of hydrogen-bond acceptors (Lipinski definition) is 5. The van der Waals surface area contributed by atoms with Crippen LogP contribution in [0.3, 0.4) is 0 Å². The Kier molecular flexibility index (Phi) is 2.91. The largest absolute Gasteiger partial charge is 0.345 e. The molecule has 2 rings (SSSR count). The lowest BCUT2D eigenvalue weighted by atomic mass is 10.2. The van der Waals surface area contributed by atoms with Gasteiger partial charge in [-0.25, -0.2) is 0 Å². The maximum Gasteiger partial charge on any atom is 0.278 e. The van der Waals surface area contributed by atoms with Gasteiger partial charge in [-0.2, -0.15) is 10.5 Å². The molecule has 0 atom stereocenters. The Morgan fingerprint density at radius 3 is 2.47 bits per heavy atom. The summed E-state index contributed by atoms with van der Waals surface area (Å²) in [5.74, 6) is 0. The molecule has 1 heterocycles. The van der Waals surface area contributed by atoms with Crippen LogP contribution >= 0.6 is 11.5 Å². The van der Waals surface area contributed by atoms with E-state index in [1.807, 2.05) is 12.1 Å². The van der Waals surface area contributed by atoms with Crippen molar-refractivity contribution < 1.29 is 0 Å². The molecule has 6 heteroatoms. The fraction of sp³-hybridized carbons (Fsp3) is 0. The Bertz CT molecular complexity index is 669. The second kappa shape index (κ2) is 4.52. The minimum Gasteiger partial charge on any atom is -0.345 e. The van der Waals surface area contributed by atoms with Crippen molar-refractivity contribution in [2.24, 2.45) is 0 Å². The number of anilines is 2. The van der Waals surface area contributed by atoms with Gasteiger partial charge >= 0.3 is 0 Å². The smallest absolute Gasteiger partial charge is 0.278 e. The molecule has 0 unspecified atom stereocenters. The van der Waals surface area contributed by atoms with Gasteiger partial charge in [0.2, 0.25) is 0 Å². The third kappa shape index (κ3) is 2.17. The first-order chi connectivity index (χ1) is 8.24. The van der Waals surface area contributed by atoms with Crippen LogP contribution in [-0.2, 0) is 0 Å². The van der Waals surface area contributed by atoms with Crippen molar-refractivity contribution in [3.05, 3.63) is 45.7 Å². The van der Waals surface area contributed by atoms with Gasteiger partial charge in [-0.1, -0.05) is 0 Å². The molecule has 0 amide bonds. The summed E-state index contributed by atoms with van der Waals surface area (Å²) in [7, 11) is 0. The van der Waals surface area contributed by atoms with Crippen LogP contribution < -0.4 is 10.9 Å². The molecular formula is C11H6N4OS. The fourth-order valence-electron chi connectivity index (χ4n) is 1.25. The van der Waals surface area contributed by atoms with Crippen LogP contribution in [0.1, 0.15) is 11.1 Å². The minimum atomic E-state index is -0.395. The van der Waals surface area contributed by atoms with Crippen molar-refractivity contribution in [2.75, 3.05) is 5.32 Å². The van der Waals surface area contributed by atoms with E-state index in [4.69, 9.17) is 10.5 Å². The van der Waals surface area contributed by atoms with Crippen molar-refractivity contribution in [3.63, 3.8) is 0 Å². The molecule has 0 radical (unpaired) electrons. The molecule has 2 aromatic rings. The van der Waals surface area contributed by atoms with Crippen molar-refractivity contribution in [1.29, 1.82) is 10.5 Å². The van der Waals surface area contributed by atoms with Crippen molar-refractivity contribution in [1.82, 2.24) is 4.37 Å². The Morgan fingerprint density at radius 2 is 1.88 bits per heavy atom. The van der Waals surface area contributed by atoms with E-state index in [2.05, 4.69) is 9.69 Å². The summed E-state index contributed by atoms with van der Waals surface area (Å²) < 4.78 is 2.48. The molecule has 1 aromatic heterocycles. The number of nitrogens with one attached hydrogen (secondary N) is 2. The Labute approximate surface area is 101 Å². The molecule has 0 bridgehead atoms. The summed E-state index contributed by atoms with van der Waals surface area (Å²) in [5, 5.41) is 20.9. The lowest BCUT2D eigenvalue weighted by Gasteiger charge is -2.02. The van der Waals surface area contributed by atoms with Gasteiger partial charge in [0.15, 0.2) is 5.56 Å². The molecule has 1 aromatic carbocycles. The summed E-state index contributed by atoms with van der Waals surface area (Å²) >= 11 is 1.07. The van der Waals surface area contributed by atoms with Gasteiger partial charge < -0.3 is 5.32 Å². The molecule has 0 saturated heterocycles. The molecule has 2 N–H and O–H groups in total. The first-order valence-corrected chi connectivity index (χ1v) is 5.45. The number of aromatic nitrogens is 1. The van der Waals surface area contributed by atoms with E-state index >= 15 is 0 Å². The van der Waals surface area contributed by atoms with Gasteiger partial charge in [-0.3, -0.25) is 9.17 Å². The van der Waals surface area contributed by atoms with Crippen molar-refractivity contribution in [3.8, 4) is 12.1 Å². The number of nitrogens with zero attached hydrogens (tertiary/aromatic N) is 2. The zero-order chi connectivity index (χ0) is 12.3. The predicted octanol–water partition coefficient (Wildman–Crippen LogP) is 1.92. The predicted molar refractivity (Wildman–Crippen MR) is 64.1 cm³/mol. The molecule has 17 heavy (non-hydrogen) atoms. The number of hydrogen-bond donors (Lipinski definition) is 2. The summed E-state index contributed by atoms with van der Waals surface area (Å²) in [6.07, 6.45) is 0. The lowest BCUT2D eigenvalue weighted by molar-refractivity contribution is 1.38. The third-order valence-corrected chi connectivity index (χ3v) is 2.88. The Balaban J connectivity index is 2.29. The zero-order valence-electron chi connectivity index (χ0n) is 8.52. The highest BCUT2D eigenvalue weighted by molar-refractivity contribution is 7.10. The van der Waals surface area contributed by atoms with Crippen LogP contribution in [0.4, 0.5) is 10.7 Å². The second-order valence-corrected chi connectivity index (χ2v) is 3.98. The number of H-pyrrole nitrogens is 1. The van der Waals surface area contributed by atoms with Gasteiger partial charge in [-0.05, 0) is 35.8 Å². The molecular weight excluding hydrogens is 236 g/mol. The lowest BCUT2D eigenvalue weighted by Crippen LogP contribution is -2.02. The molecule has 0 spiro atoms. The van der Waals surface area contributed by atoms with Crippen LogP contribution in [0.25, 0.3) is 0 Å². The molecule has 5 nitrogen and oxygen atoms in total. The van der Waals surface area contributed by atoms with Crippen LogP contribution in [0.15, 0.2) is 29.1 Å². The first-order valence-electron chi connectivity index (χ1n) is 4.63. The van der Waals surface area contributed by atoms with E-state index in [9.17, 15) is 4.79 Å². The van der Waals surface area contributed by atoms with E-state index in [0.717, 1.165) is 17.2 Å². The molecule has 0 fully saturated rings. The third-order valence-electron chi connectivity index (χ3n) is 2.08. The standard InChI is InChI=1S/C11H6N4OS/c12-5-7-1-3-8(4-2-7)14-11-9(6-13)10(16)15-17-11/h1-4,14H,(H,15,16). The average Bonchev–Trinajstić information content (AvgIpc) is 2.71. The molecule has 0 aliphatic carbocycles. The van der Waals surface area contributed by atoms with Gasteiger partial charge in [0.1, 0.15) is 11.1 Å². The average molecular weight is 242 g/mol. The van der Waals surface area contributed by atoms with E-state index in [1.165, 1.54) is 0 Å². The van der Waals surface area contributed by atoms with E-state index in [1.54, 1.807) is 24.3 Å². The number of aromatic amines is 1. The van der Waals surface area contributed by atoms with Crippen LogP contribution in [0, 0.1) is 22.7 Å². The zero-order valence-corrected chi connectivity index (χ0v) is 9.34. The molecule has 82 valence electrons. The highest BCUT2D eigenvalue weighted by Gasteiger charge is 2.09. The highest BCUT2D eigenvalue weighted by Crippen LogP contribution is 2.21.